The number of ether oxygens (including phenoxy) is 2. The highest BCUT2D eigenvalue weighted by atomic mass is 16.5. The molecule has 0 bridgehead atoms. The number of aliphatic hydroxyl groups excluding tert-OH is 2. The monoisotopic (exact) mass is 164 g/mol. The normalized spacial score (nSPS) is 19.4. The lowest BCUT2D eigenvalue weighted by molar-refractivity contribution is -0.105. The van der Waals surface area contributed by atoms with E-state index in [0.717, 1.165) is 0 Å². The highest BCUT2D eigenvalue weighted by Crippen LogP contribution is 2.06. The molecule has 68 valence electrons. The second-order valence-corrected chi connectivity index (χ2v) is 2.40. The third-order valence-electron chi connectivity index (χ3n) is 1.60. The lowest BCUT2D eigenvalue weighted by atomic mass is 10.1. The number of aliphatic hydroxyl groups is 2. The van der Waals surface area contributed by atoms with Crippen molar-refractivity contribution in [1.29, 1.82) is 0 Å². The van der Waals surface area contributed by atoms with Gasteiger partial charge in [0.25, 0.3) is 0 Å². The first-order chi connectivity index (χ1) is 5.17. The Balaban J connectivity index is 3.98. The summed E-state index contributed by atoms with van der Waals surface area (Å²) >= 11 is 0. The van der Waals surface area contributed by atoms with Crippen molar-refractivity contribution < 1.29 is 19.7 Å². The Hall–Kier alpha value is -0.160. The topological polar surface area (TPSA) is 58.9 Å². The van der Waals surface area contributed by atoms with E-state index < -0.39 is 18.3 Å². The molecule has 0 aliphatic carbocycles. The van der Waals surface area contributed by atoms with Crippen LogP contribution in [0.15, 0.2) is 0 Å². The van der Waals surface area contributed by atoms with E-state index in [-0.39, 0.29) is 6.61 Å². The van der Waals surface area contributed by atoms with Gasteiger partial charge < -0.3 is 19.7 Å². The van der Waals surface area contributed by atoms with Gasteiger partial charge >= 0.3 is 0 Å². The van der Waals surface area contributed by atoms with Crippen molar-refractivity contribution in [3.63, 3.8) is 0 Å². The Labute approximate surface area is 66.7 Å². The SMILES string of the molecule is COC(CO)C(OC)C(C)O. The fourth-order valence-electron chi connectivity index (χ4n) is 0.972. The molecule has 0 spiro atoms. The van der Waals surface area contributed by atoms with Gasteiger partial charge in [-0.05, 0) is 6.92 Å². The first-order valence-electron chi connectivity index (χ1n) is 3.51. The summed E-state index contributed by atoms with van der Waals surface area (Å²) in [7, 11) is 2.94. The molecule has 2 N–H and O–H groups in total. The minimum atomic E-state index is -0.642. The number of hydrogen-bond donors (Lipinski definition) is 2. The molecule has 0 radical (unpaired) electrons. The number of rotatable bonds is 5. The van der Waals surface area contributed by atoms with Crippen LogP contribution in [0.25, 0.3) is 0 Å². The van der Waals surface area contributed by atoms with E-state index in [1.54, 1.807) is 6.92 Å². The van der Waals surface area contributed by atoms with Crippen LogP contribution in [-0.4, -0.2) is 49.4 Å². The summed E-state index contributed by atoms with van der Waals surface area (Å²) in [4.78, 5) is 0. The van der Waals surface area contributed by atoms with Crippen LogP contribution < -0.4 is 0 Å². The summed E-state index contributed by atoms with van der Waals surface area (Å²) in [5.74, 6) is 0. The van der Waals surface area contributed by atoms with Gasteiger partial charge in [-0.3, -0.25) is 0 Å². The summed E-state index contributed by atoms with van der Waals surface area (Å²) in [6.45, 7) is 1.44. The fraction of sp³-hybridized carbons (Fsp3) is 1.00. The van der Waals surface area contributed by atoms with Crippen molar-refractivity contribution in [3.05, 3.63) is 0 Å². The molecule has 4 nitrogen and oxygen atoms in total. The molecule has 0 aliphatic rings. The molecule has 4 heteroatoms. The molecule has 0 aromatic carbocycles. The lowest BCUT2D eigenvalue weighted by Gasteiger charge is -2.25. The Kier molecular flexibility index (Phi) is 5.41. The van der Waals surface area contributed by atoms with Gasteiger partial charge in [0.05, 0.1) is 12.7 Å². The molecule has 0 aromatic heterocycles. The molecular formula is C7H16O4. The minimum absolute atomic E-state index is 0.153. The van der Waals surface area contributed by atoms with Crippen molar-refractivity contribution >= 4 is 0 Å². The molecule has 0 amide bonds. The number of methoxy groups -OCH3 is 2. The van der Waals surface area contributed by atoms with Gasteiger partial charge in [0.15, 0.2) is 0 Å². The summed E-state index contributed by atoms with van der Waals surface area (Å²) in [6.07, 6.45) is -1.57. The summed E-state index contributed by atoms with van der Waals surface area (Å²) in [6, 6.07) is 0. The quantitative estimate of drug-likeness (QED) is 0.569. The minimum Gasteiger partial charge on any atom is -0.394 e. The fourth-order valence-corrected chi connectivity index (χ4v) is 0.972. The van der Waals surface area contributed by atoms with E-state index in [1.165, 1.54) is 14.2 Å². The van der Waals surface area contributed by atoms with Crippen LogP contribution in [0.5, 0.6) is 0 Å². The maximum Gasteiger partial charge on any atom is 0.111 e. The molecule has 0 rings (SSSR count). The molecule has 3 atom stereocenters. The highest BCUT2D eigenvalue weighted by Gasteiger charge is 2.24. The third kappa shape index (κ3) is 3.16. The predicted molar refractivity (Wildman–Crippen MR) is 40.4 cm³/mol. The van der Waals surface area contributed by atoms with E-state index in [2.05, 4.69) is 0 Å². The molecule has 11 heavy (non-hydrogen) atoms. The maximum atomic E-state index is 9.13. The second kappa shape index (κ2) is 5.49. The van der Waals surface area contributed by atoms with E-state index in [9.17, 15) is 0 Å². The smallest absolute Gasteiger partial charge is 0.111 e. The van der Waals surface area contributed by atoms with E-state index >= 15 is 0 Å². The Morgan fingerprint density at radius 1 is 1.27 bits per heavy atom. The Morgan fingerprint density at radius 3 is 1.91 bits per heavy atom. The third-order valence-corrected chi connectivity index (χ3v) is 1.60. The lowest BCUT2D eigenvalue weighted by Crippen LogP contribution is -2.40. The number of hydrogen-bond acceptors (Lipinski definition) is 4. The second-order valence-electron chi connectivity index (χ2n) is 2.40. The molecule has 0 fully saturated rings. The zero-order valence-electron chi connectivity index (χ0n) is 7.15. The van der Waals surface area contributed by atoms with Gasteiger partial charge in [0.1, 0.15) is 12.2 Å². The van der Waals surface area contributed by atoms with Crippen LogP contribution in [0.3, 0.4) is 0 Å². The standard InChI is InChI=1S/C7H16O4/c1-5(9)7(11-3)6(4-8)10-2/h5-9H,4H2,1-3H3. The summed E-state index contributed by atoms with van der Waals surface area (Å²) in [5.41, 5.74) is 0. The Morgan fingerprint density at radius 2 is 1.82 bits per heavy atom. The van der Waals surface area contributed by atoms with Crippen molar-refractivity contribution in [2.45, 2.75) is 25.2 Å². The van der Waals surface area contributed by atoms with Crippen LogP contribution >= 0.6 is 0 Å². The van der Waals surface area contributed by atoms with Crippen molar-refractivity contribution in [3.8, 4) is 0 Å². The molecule has 0 aromatic rings. The maximum absolute atomic E-state index is 9.13. The van der Waals surface area contributed by atoms with Gasteiger partial charge in [0.2, 0.25) is 0 Å². The molecule has 0 aliphatic heterocycles. The molecule has 3 unspecified atom stereocenters. The molecular weight excluding hydrogens is 148 g/mol. The van der Waals surface area contributed by atoms with Crippen molar-refractivity contribution in [2.75, 3.05) is 20.8 Å². The zero-order chi connectivity index (χ0) is 8.85. The van der Waals surface area contributed by atoms with Crippen molar-refractivity contribution in [2.24, 2.45) is 0 Å². The van der Waals surface area contributed by atoms with Gasteiger partial charge in [-0.15, -0.1) is 0 Å². The Bertz CT molecular complexity index is 90.4. The average molecular weight is 164 g/mol. The van der Waals surface area contributed by atoms with Crippen LogP contribution in [0, 0.1) is 0 Å². The first kappa shape index (κ1) is 10.8. The molecule has 0 saturated carbocycles. The van der Waals surface area contributed by atoms with E-state index in [1.807, 2.05) is 0 Å². The summed E-state index contributed by atoms with van der Waals surface area (Å²) in [5, 5.41) is 17.9. The van der Waals surface area contributed by atoms with E-state index in [4.69, 9.17) is 19.7 Å². The van der Waals surface area contributed by atoms with Crippen LogP contribution in [-0.2, 0) is 9.47 Å². The van der Waals surface area contributed by atoms with Crippen LogP contribution in [0.2, 0.25) is 0 Å². The van der Waals surface area contributed by atoms with Gasteiger partial charge in [0, 0.05) is 14.2 Å². The van der Waals surface area contributed by atoms with Gasteiger partial charge in [-0.1, -0.05) is 0 Å². The van der Waals surface area contributed by atoms with E-state index in [0.29, 0.717) is 0 Å². The first-order valence-corrected chi connectivity index (χ1v) is 3.51. The molecule has 0 saturated heterocycles. The van der Waals surface area contributed by atoms with Crippen molar-refractivity contribution in [1.82, 2.24) is 0 Å². The molecule has 0 heterocycles. The van der Waals surface area contributed by atoms with Crippen LogP contribution in [0.4, 0.5) is 0 Å². The van der Waals surface area contributed by atoms with Gasteiger partial charge in [-0.2, -0.15) is 0 Å². The summed E-state index contributed by atoms with van der Waals surface area (Å²) < 4.78 is 9.80. The average Bonchev–Trinajstić information content (AvgIpc) is 1.99. The zero-order valence-corrected chi connectivity index (χ0v) is 7.15. The van der Waals surface area contributed by atoms with Gasteiger partial charge in [-0.25, -0.2) is 0 Å². The van der Waals surface area contributed by atoms with Crippen LogP contribution in [0.1, 0.15) is 6.92 Å². The largest absolute Gasteiger partial charge is 0.394 e. The highest BCUT2D eigenvalue weighted by molar-refractivity contribution is 4.73. The predicted octanol–water partition coefficient (Wildman–Crippen LogP) is -0.611.